The molecule has 6 nitrogen and oxygen atoms in total. The van der Waals surface area contributed by atoms with Crippen LogP contribution in [0.15, 0.2) is 24.3 Å². The molecule has 1 aliphatic heterocycles. The molecule has 1 heterocycles. The molecule has 7 heteroatoms. The van der Waals surface area contributed by atoms with E-state index in [4.69, 9.17) is 4.74 Å². The number of likely N-dealkylation sites (tertiary alicyclic amines) is 1. The molecule has 0 bridgehead atoms. The first-order valence-electron chi connectivity index (χ1n) is 8.46. The Morgan fingerprint density at radius 3 is 2.52 bits per heavy atom. The number of carbonyl (C=O) groups excluding carboxylic acids is 1. The van der Waals surface area contributed by atoms with Crippen molar-refractivity contribution < 1.29 is 14.5 Å². The minimum atomic E-state index is -0.377. The molecular weight excluding hydrogens is 387 g/mol. The number of benzene rings is 1. The number of carbonyl (C=O) groups is 1. The van der Waals surface area contributed by atoms with Gasteiger partial charge in [-0.1, -0.05) is 6.92 Å². The summed E-state index contributed by atoms with van der Waals surface area (Å²) in [5.74, 6) is 1.97. The van der Waals surface area contributed by atoms with Gasteiger partial charge in [0, 0.05) is 12.6 Å². The Balaban J connectivity index is 0.000000257. The van der Waals surface area contributed by atoms with E-state index in [2.05, 4.69) is 6.92 Å². The summed E-state index contributed by atoms with van der Waals surface area (Å²) < 4.78 is 6.19. The first kappa shape index (κ1) is 21.5. The van der Waals surface area contributed by atoms with E-state index < -0.39 is 0 Å². The molecule has 1 unspecified atom stereocenters. The van der Waals surface area contributed by atoms with Crippen LogP contribution in [0.4, 0.5) is 10.5 Å². The third kappa shape index (κ3) is 7.04. The number of ether oxygens (including phenoxy) is 1. The third-order valence-corrected chi connectivity index (χ3v) is 5.41. The van der Waals surface area contributed by atoms with E-state index in [9.17, 15) is 14.9 Å². The van der Waals surface area contributed by atoms with Crippen LogP contribution in [0.1, 0.15) is 47.0 Å². The topological polar surface area (TPSA) is 72.7 Å². The van der Waals surface area contributed by atoms with Crippen molar-refractivity contribution in [2.45, 2.75) is 64.4 Å². The number of nitro benzene ring substituents is 1. The van der Waals surface area contributed by atoms with Crippen LogP contribution in [0.5, 0.6) is 0 Å². The molecule has 1 atom stereocenters. The van der Waals surface area contributed by atoms with Gasteiger partial charge in [0.05, 0.1) is 0 Å². The van der Waals surface area contributed by atoms with Gasteiger partial charge in [0.2, 0.25) is 0 Å². The average molecular weight is 415 g/mol. The van der Waals surface area contributed by atoms with Crippen LogP contribution in [0.3, 0.4) is 0 Å². The Morgan fingerprint density at radius 2 is 2.04 bits per heavy atom. The molecule has 1 saturated heterocycles. The van der Waals surface area contributed by atoms with Crippen molar-refractivity contribution in [1.82, 2.24) is 4.90 Å². The van der Waals surface area contributed by atoms with E-state index in [1.807, 2.05) is 37.6 Å². The Morgan fingerprint density at radius 1 is 1.40 bits per heavy atom. The van der Waals surface area contributed by atoms with Gasteiger partial charge in [0.25, 0.3) is 0 Å². The predicted octanol–water partition coefficient (Wildman–Crippen LogP) is 3.77. The molecule has 0 radical (unpaired) electrons. The molecule has 0 aliphatic carbocycles. The van der Waals surface area contributed by atoms with Crippen molar-refractivity contribution >= 4 is 31.2 Å². The Bertz CT molecular complexity index is 587. The van der Waals surface area contributed by atoms with Gasteiger partial charge >= 0.3 is 76.3 Å². The molecular formula is C18H28N2O4Se. The van der Waals surface area contributed by atoms with Crippen molar-refractivity contribution in [1.29, 1.82) is 0 Å². The molecule has 1 fully saturated rings. The molecule has 1 aliphatic rings. The number of para-hydroxylation sites is 1. The standard InChI is InChI=1S/C11H21NO2.C7H7NO2Se/c1-5-9-7-6-8-12(9)10(13)14-11(2,3)4;1-11-7-5-3-2-4-6(7)8(9)10/h9H,5-8H2,1-4H3;2-5H,1H3. The monoisotopic (exact) mass is 416 g/mol. The fraction of sp³-hybridized carbons (Fsp3) is 0.611. The fourth-order valence-electron chi connectivity index (χ4n) is 2.60. The van der Waals surface area contributed by atoms with E-state index in [0.717, 1.165) is 30.3 Å². The van der Waals surface area contributed by atoms with Crippen LogP contribution in [-0.2, 0) is 4.74 Å². The van der Waals surface area contributed by atoms with E-state index in [1.54, 1.807) is 18.2 Å². The molecule has 0 aromatic heterocycles. The number of nitrogens with zero attached hydrogens (tertiary/aromatic N) is 2. The predicted molar refractivity (Wildman–Crippen MR) is 101 cm³/mol. The van der Waals surface area contributed by atoms with Gasteiger partial charge < -0.3 is 9.64 Å². The van der Waals surface area contributed by atoms with Crippen molar-refractivity contribution in [3.8, 4) is 0 Å². The molecule has 1 aromatic carbocycles. The van der Waals surface area contributed by atoms with Crippen LogP contribution < -0.4 is 4.46 Å². The molecule has 0 spiro atoms. The minimum absolute atomic E-state index is 0.151. The number of rotatable bonds is 3. The summed E-state index contributed by atoms with van der Waals surface area (Å²) >= 11 is 0.198. The second-order valence-electron chi connectivity index (χ2n) is 6.81. The molecule has 2 rings (SSSR count). The van der Waals surface area contributed by atoms with Crippen molar-refractivity contribution in [2.24, 2.45) is 0 Å². The van der Waals surface area contributed by atoms with Crippen LogP contribution in [0.25, 0.3) is 0 Å². The molecule has 0 saturated carbocycles. The Labute approximate surface area is 156 Å². The van der Waals surface area contributed by atoms with Crippen LogP contribution in [0.2, 0.25) is 5.82 Å². The van der Waals surface area contributed by atoms with Crippen molar-refractivity contribution in [3.63, 3.8) is 0 Å². The van der Waals surface area contributed by atoms with Gasteiger partial charge in [0.15, 0.2) is 0 Å². The van der Waals surface area contributed by atoms with E-state index in [0.29, 0.717) is 6.04 Å². The quantitative estimate of drug-likeness (QED) is 0.428. The van der Waals surface area contributed by atoms with Gasteiger partial charge in [-0.15, -0.1) is 0 Å². The zero-order valence-corrected chi connectivity index (χ0v) is 17.4. The van der Waals surface area contributed by atoms with Crippen molar-refractivity contribution in [3.05, 3.63) is 34.4 Å². The van der Waals surface area contributed by atoms with Crippen LogP contribution in [0, 0.1) is 10.1 Å². The summed E-state index contributed by atoms with van der Waals surface area (Å²) in [6.45, 7) is 8.69. The number of amides is 1. The number of hydrogen-bond acceptors (Lipinski definition) is 4. The summed E-state index contributed by atoms with van der Waals surface area (Å²) in [5, 5.41) is 10.4. The zero-order valence-electron chi connectivity index (χ0n) is 15.7. The van der Waals surface area contributed by atoms with Gasteiger partial charge in [-0.05, 0) is 40.0 Å². The number of nitro groups is 1. The van der Waals surface area contributed by atoms with Gasteiger partial charge in [-0.3, -0.25) is 0 Å². The van der Waals surface area contributed by atoms with Crippen LogP contribution in [-0.4, -0.2) is 49.1 Å². The SMILES string of the molecule is CCC1CCCN1C(=O)OC(C)(C)C.C[Se]c1ccccc1[N+](=O)[O-]. The molecule has 1 amide bonds. The normalized spacial score (nSPS) is 16.8. The molecule has 0 N–H and O–H groups in total. The maximum absolute atomic E-state index is 11.7. The van der Waals surface area contributed by atoms with E-state index >= 15 is 0 Å². The van der Waals surface area contributed by atoms with Gasteiger partial charge in [-0.25, -0.2) is 4.79 Å². The zero-order chi connectivity index (χ0) is 19.0. The Hall–Kier alpha value is -1.59. The summed E-state index contributed by atoms with van der Waals surface area (Å²) in [7, 11) is 0. The fourth-order valence-corrected chi connectivity index (χ4v) is 3.79. The Kier molecular flexibility index (Phi) is 8.39. The average Bonchev–Trinajstić information content (AvgIpc) is 3.02. The first-order valence-corrected chi connectivity index (χ1v) is 11.0. The van der Waals surface area contributed by atoms with E-state index in [1.165, 1.54) is 0 Å². The van der Waals surface area contributed by atoms with Gasteiger partial charge in [-0.2, -0.15) is 0 Å². The summed E-state index contributed by atoms with van der Waals surface area (Å²) in [6.07, 6.45) is 3.11. The first-order chi connectivity index (χ1) is 11.7. The third-order valence-electron chi connectivity index (χ3n) is 3.76. The molecule has 140 valence electrons. The summed E-state index contributed by atoms with van der Waals surface area (Å²) in [4.78, 5) is 23.7. The molecule has 25 heavy (non-hydrogen) atoms. The van der Waals surface area contributed by atoms with Gasteiger partial charge in [0.1, 0.15) is 5.60 Å². The number of hydrogen-bond donors (Lipinski definition) is 0. The van der Waals surface area contributed by atoms with E-state index in [-0.39, 0.29) is 37.3 Å². The second kappa shape index (κ2) is 9.78. The maximum atomic E-state index is 11.7. The van der Waals surface area contributed by atoms with Crippen LogP contribution >= 0.6 is 0 Å². The summed E-state index contributed by atoms with van der Waals surface area (Å²) in [5.41, 5.74) is -0.132. The molecule has 1 aromatic rings. The second-order valence-corrected chi connectivity index (χ2v) is 8.59. The summed E-state index contributed by atoms with van der Waals surface area (Å²) in [6, 6.07) is 7.25. The van der Waals surface area contributed by atoms with Crippen molar-refractivity contribution in [2.75, 3.05) is 6.54 Å².